The molecule has 0 spiro atoms. The minimum atomic E-state index is -0.355. The largest absolute Gasteiger partial charge is 0.465 e. The maximum Gasteiger partial charge on any atom is 0.325 e. The molecule has 0 saturated carbocycles. The highest BCUT2D eigenvalue weighted by Crippen LogP contribution is 2.30. The van der Waals surface area contributed by atoms with Gasteiger partial charge in [0.15, 0.2) is 0 Å². The number of ether oxygens (including phenoxy) is 1. The maximum atomic E-state index is 11.5. The van der Waals surface area contributed by atoms with E-state index in [2.05, 4.69) is 20.4 Å². The highest BCUT2D eigenvalue weighted by Gasteiger charge is 2.17. The Morgan fingerprint density at radius 3 is 2.86 bits per heavy atom. The normalized spacial score (nSPS) is 10.6. The number of carbonyl (C=O) groups is 1. The Morgan fingerprint density at radius 1 is 1.27 bits per heavy atom. The minimum absolute atomic E-state index is 0.0133. The Labute approximate surface area is 126 Å². The van der Waals surface area contributed by atoms with Crippen LogP contribution in [0.25, 0.3) is 22.4 Å². The molecule has 0 unspecified atom stereocenters. The second-order valence-electron chi connectivity index (χ2n) is 4.46. The molecular weight excluding hydrogens is 284 g/mol. The van der Waals surface area contributed by atoms with Crippen molar-refractivity contribution < 1.29 is 14.1 Å². The van der Waals surface area contributed by atoms with E-state index in [1.165, 1.54) is 6.33 Å². The number of esters is 1. The molecule has 2 heterocycles. The first-order valence-corrected chi connectivity index (χ1v) is 6.85. The number of hydrogen-bond donors (Lipinski definition) is 1. The molecule has 0 saturated heterocycles. The first-order chi connectivity index (χ1) is 10.8. The van der Waals surface area contributed by atoms with Crippen LogP contribution in [0.2, 0.25) is 0 Å². The monoisotopic (exact) mass is 298 g/mol. The molecule has 7 heteroatoms. The van der Waals surface area contributed by atoms with E-state index in [-0.39, 0.29) is 12.5 Å². The van der Waals surface area contributed by atoms with Gasteiger partial charge in [-0.05, 0) is 6.92 Å². The predicted molar refractivity (Wildman–Crippen MR) is 80.2 cm³/mol. The fraction of sp³-hybridized carbons (Fsp3) is 0.200. The standard InChI is InChI=1S/C15H14N4O3/c1-2-21-11(20)8-16-14-12-13(10-6-4-3-5-7-10)19-22-15(12)18-9-17-14/h3-7,9H,2,8H2,1H3,(H,16,17,18). The third-order valence-electron chi connectivity index (χ3n) is 3.03. The van der Waals surface area contributed by atoms with E-state index < -0.39 is 0 Å². The number of nitrogens with one attached hydrogen (secondary N) is 1. The fourth-order valence-electron chi connectivity index (χ4n) is 2.08. The Balaban J connectivity index is 1.97. The van der Waals surface area contributed by atoms with Gasteiger partial charge >= 0.3 is 5.97 Å². The second kappa shape index (κ2) is 6.21. The summed E-state index contributed by atoms with van der Waals surface area (Å²) in [7, 11) is 0. The summed E-state index contributed by atoms with van der Waals surface area (Å²) in [6, 6.07) is 9.57. The van der Waals surface area contributed by atoms with Crippen LogP contribution in [0.1, 0.15) is 6.92 Å². The summed E-state index contributed by atoms with van der Waals surface area (Å²) in [6.07, 6.45) is 1.36. The zero-order chi connectivity index (χ0) is 15.4. The van der Waals surface area contributed by atoms with Crippen LogP contribution in [0, 0.1) is 0 Å². The van der Waals surface area contributed by atoms with Crippen molar-refractivity contribution >= 4 is 22.9 Å². The second-order valence-corrected chi connectivity index (χ2v) is 4.46. The molecule has 7 nitrogen and oxygen atoms in total. The van der Waals surface area contributed by atoms with E-state index in [4.69, 9.17) is 9.26 Å². The Bertz CT molecular complexity index is 786. The highest BCUT2D eigenvalue weighted by molar-refractivity contribution is 5.98. The molecule has 1 aromatic carbocycles. The lowest BCUT2D eigenvalue weighted by Crippen LogP contribution is -2.17. The SMILES string of the molecule is CCOC(=O)CNc1ncnc2onc(-c3ccccc3)c12. The Morgan fingerprint density at radius 2 is 2.09 bits per heavy atom. The topological polar surface area (TPSA) is 90.1 Å². The van der Waals surface area contributed by atoms with Gasteiger partial charge in [0, 0.05) is 5.56 Å². The summed E-state index contributed by atoms with van der Waals surface area (Å²) < 4.78 is 10.1. The third kappa shape index (κ3) is 2.73. The van der Waals surface area contributed by atoms with Crippen molar-refractivity contribution in [1.29, 1.82) is 0 Å². The van der Waals surface area contributed by atoms with Crippen LogP contribution >= 0.6 is 0 Å². The van der Waals surface area contributed by atoms with Crippen molar-refractivity contribution in [1.82, 2.24) is 15.1 Å². The van der Waals surface area contributed by atoms with Gasteiger partial charge in [-0.1, -0.05) is 35.5 Å². The van der Waals surface area contributed by atoms with Gasteiger partial charge in [0.2, 0.25) is 0 Å². The first-order valence-electron chi connectivity index (χ1n) is 6.85. The molecule has 1 N–H and O–H groups in total. The zero-order valence-corrected chi connectivity index (χ0v) is 11.9. The summed E-state index contributed by atoms with van der Waals surface area (Å²) in [5.74, 6) is 0.130. The van der Waals surface area contributed by atoms with Crippen molar-refractivity contribution in [3.8, 4) is 11.3 Å². The molecule has 0 amide bonds. The van der Waals surface area contributed by atoms with Gasteiger partial charge in [-0.2, -0.15) is 4.98 Å². The number of hydrogen-bond acceptors (Lipinski definition) is 7. The van der Waals surface area contributed by atoms with Crippen LogP contribution < -0.4 is 5.32 Å². The zero-order valence-electron chi connectivity index (χ0n) is 11.9. The van der Waals surface area contributed by atoms with Gasteiger partial charge in [0.25, 0.3) is 5.71 Å². The Kier molecular flexibility index (Phi) is 3.95. The van der Waals surface area contributed by atoms with Gasteiger partial charge in [-0.15, -0.1) is 0 Å². The fourth-order valence-corrected chi connectivity index (χ4v) is 2.08. The van der Waals surface area contributed by atoms with Crippen molar-refractivity contribution in [2.75, 3.05) is 18.5 Å². The molecule has 0 aliphatic rings. The number of anilines is 1. The number of carbonyl (C=O) groups excluding carboxylic acids is 1. The molecule has 0 atom stereocenters. The molecule has 3 aromatic rings. The van der Waals surface area contributed by atoms with Crippen LogP contribution in [-0.2, 0) is 9.53 Å². The first kappa shape index (κ1) is 14.0. The molecule has 0 bridgehead atoms. The van der Waals surface area contributed by atoms with Crippen LogP contribution in [0.3, 0.4) is 0 Å². The van der Waals surface area contributed by atoms with Crippen molar-refractivity contribution in [2.24, 2.45) is 0 Å². The summed E-state index contributed by atoms with van der Waals surface area (Å²) in [5.41, 5.74) is 1.87. The summed E-state index contributed by atoms with van der Waals surface area (Å²) >= 11 is 0. The molecule has 0 aliphatic heterocycles. The molecule has 112 valence electrons. The van der Waals surface area contributed by atoms with Gasteiger partial charge in [-0.3, -0.25) is 4.79 Å². The average Bonchev–Trinajstić information content (AvgIpc) is 2.99. The average molecular weight is 298 g/mol. The minimum Gasteiger partial charge on any atom is -0.465 e. The van der Waals surface area contributed by atoms with E-state index in [0.717, 1.165) is 5.56 Å². The molecule has 3 rings (SSSR count). The molecular formula is C15H14N4O3. The Hall–Kier alpha value is -2.96. The van der Waals surface area contributed by atoms with Gasteiger partial charge < -0.3 is 14.6 Å². The molecule has 0 radical (unpaired) electrons. The molecule has 0 aliphatic carbocycles. The number of aromatic nitrogens is 3. The maximum absolute atomic E-state index is 11.5. The van der Waals surface area contributed by atoms with E-state index in [1.54, 1.807) is 6.92 Å². The van der Waals surface area contributed by atoms with E-state index >= 15 is 0 Å². The van der Waals surface area contributed by atoms with E-state index in [0.29, 0.717) is 29.2 Å². The van der Waals surface area contributed by atoms with Gasteiger partial charge in [0.05, 0.1) is 6.61 Å². The van der Waals surface area contributed by atoms with Crippen molar-refractivity contribution in [3.63, 3.8) is 0 Å². The highest BCUT2D eigenvalue weighted by atomic mass is 16.5. The summed E-state index contributed by atoms with van der Waals surface area (Å²) in [4.78, 5) is 19.7. The van der Waals surface area contributed by atoms with Crippen molar-refractivity contribution in [2.45, 2.75) is 6.92 Å². The van der Waals surface area contributed by atoms with E-state index in [9.17, 15) is 4.79 Å². The van der Waals surface area contributed by atoms with Crippen LogP contribution in [-0.4, -0.2) is 34.2 Å². The lowest BCUT2D eigenvalue weighted by atomic mass is 10.1. The smallest absolute Gasteiger partial charge is 0.325 e. The van der Waals surface area contributed by atoms with Crippen LogP contribution in [0.4, 0.5) is 5.82 Å². The molecule has 0 fully saturated rings. The van der Waals surface area contributed by atoms with Crippen molar-refractivity contribution in [3.05, 3.63) is 36.7 Å². The lowest BCUT2D eigenvalue weighted by molar-refractivity contribution is -0.140. The third-order valence-corrected chi connectivity index (χ3v) is 3.03. The van der Waals surface area contributed by atoms with Crippen LogP contribution in [0.15, 0.2) is 41.2 Å². The molecule has 2 aromatic heterocycles. The van der Waals surface area contributed by atoms with Gasteiger partial charge in [-0.25, -0.2) is 4.98 Å². The number of rotatable bonds is 5. The van der Waals surface area contributed by atoms with Gasteiger partial charge in [0.1, 0.15) is 29.8 Å². The van der Waals surface area contributed by atoms with E-state index in [1.807, 2.05) is 30.3 Å². The quantitative estimate of drug-likeness (QED) is 0.722. The number of fused-ring (bicyclic) bond motifs is 1. The molecule has 22 heavy (non-hydrogen) atoms. The predicted octanol–water partition coefficient (Wildman–Crippen LogP) is 2.26. The number of benzene rings is 1. The number of nitrogens with zero attached hydrogens (tertiary/aromatic N) is 3. The summed E-state index contributed by atoms with van der Waals surface area (Å²) in [6.45, 7) is 2.11. The van der Waals surface area contributed by atoms with Crippen LogP contribution in [0.5, 0.6) is 0 Å². The lowest BCUT2D eigenvalue weighted by Gasteiger charge is -2.06. The summed E-state index contributed by atoms with van der Waals surface area (Å²) in [5, 5.41) is 7.64.